The fourth-order valence-electron chi connectivity index (χ4n) is 3.14. The Labute approximate surface area is 223 Å². The third-order valence-corrected chi connectivity index (χ3v) is 5.06. The van der Waals surface area contributed by atoms with Crippen molar-refractivity contribution in [3.05, 3.63) is 113 Å². The van der Waals surface area contributed by atoms with Gasteiger partial charge in [-0.3, -0.25) is 4.79 Å². The molecule has 0 aliphatic rings. The number of amides is 1. The summed E-state index contributed by atoms with van der Waals surface area (Å²) in [5.74, 6) is 0.251. The molecule has 0 radical (unpaired) electrons. The Balaban J connectivity index is 0.000000694. The molecule has 0 atom stereocenters. The molecule has 1 N–H and O–H groups in total. The van der Waals surface area contributed by atoms with E-state index >= 15 is 0 Å². The normalized spacial score (nSPS) is 9.61. The van der Waals surface area contributed by atoms with Crippen LogP contribution in [0.3, 0.4) is 0 Å². The fourth-order valence-corrected chi connectivity index (χ4v) is 3.37. The molecule has 4 aromatic rings. The summed E-state index contributed by atoms with van der Waals surface area (Å²) in [6.07, 6.45) is 1.55. The van der Waals surface area contributed by atoms with Crippen molar-refractivity contribution in [1.82, 2.24) is 4.98 Å². The van der Waals surface area contributed by atoms with Crippen LogP contribution in [-0.4, -0.2) is 18.0 Å². The molecule has 0 aliphatic carbocycles. The van der Waals surface area contributed by atoms with E-state index in [1.807, 2.05) is 44.2 Å². The van der Waals surface area contributed by atoms with E-state index in [-0.39, 0.29) is 5.91 Å². The molecule has 3 aromatic carbocycles. The minimum Gasteiger partial charge on any atom is -0.481 e. The molecular weight excluding hydrogens is 491 g/mol. The zero-order valence-corrected chi connectivity index (χ0v) is 22.4. The molecule has 0 unspecified atom stereocenters. The van der Waals surface area contributed by atoms with E-state index in [1.54, 1.807) is 50.6 Å². The highest BCUT2D eigenvalue weighted by Gasteiger charge is 2.11. The maximum absolute atomic E-state index is 12.7. The zero-order chi connectivity index (χ0) is 26.5. The van der Waals surface area contributed by atoms with Gasteiger partial charge in [-0.1, -0.05) is 98.2 Å². The van der Waals surface area contributed by atoms with Crippen LogP contribution >= 0.6 is 23.2 Å². The second-order valence-electron chi connectivity index (χ2n) is 7.36. The van der Waals surface area contributed by atoms with E-state index in [0.29, 0.717) is 27.2 Å². The standard InChI is InChI=1S/C25H19ClN2O2.C3H5Cl.C2H6/c1-30-24-14-12-21(16-27-24)28-25(29)20-11-13-23(26)22(15-20)19-9-7-18(8-10-19)17-5-3-2-4-6-17;1-3(2)4;1-2/h2-16H,1H3,(H,28,29);1H2,2H3;1-2H3. The summed E-state index contributed by atoms with van der Waals surface area (Å²) >= 11 is 11.5. The molecule has 0 bridgehead atoms. The summed E-state index contributed by atoms with van der Waals surface area (Å²) in [4.78, 5) is 16.8. The topological polar surface area (TPSA) is 51.2 Å². The highest BCUT2D eigenvalue weighted by atomic mass is 35.5. The summed E-state index contributed by atoms with van der Waals surface area (Å²) in [5.41, 5.74) is 5.12. The van der Waals surface area contributed by atoms with Gasteiger partial charge in [0.15, 0.2) is 0 Å². The van der Waals surface area contributed by atoms with E-state index in [2.05, 4.69) is 41.1 Å². The monoisotopic (exact) mass is 520 g/mol. The lowest BCUT2D eigenvalue weighted by molar-refractivity contribution is 0.102. The Hall–Kier alpha value is -3.60. The molecule has 0 saturated carbocycles. The number of allylic oxidation sites excluding steroid dienone is 1. The van der Waals surface area contributed by atoms with E-state index in [4.69, 9.17) is 27.9 Å². The summed E-state index contributed by atoms with van der Waals surface area (Å²) < 4.78 is 5.03. The molecule has 6 heteroatoms. The molecule has 186 valence electrons. The van der Waals surface area contributed by atoms with Crippen molar-refractivity contribution in [2.45, 2.75) is 20.8 Å². The van der Waals surface area contributed by atoms with Gasteiger partial charge >= 0.3 is 0 Å². The third-order valence-electron chi connectivity index (χ3n) is 4.73. The van der Waals surface area contributed by atoms with Gasteiger partial charge in [-0.05, 0) is 47.9 Å². The van der Waals surface area contributed by atoms with E-state index < -0.39 is 0 Å². The van der Waals surface area contributed by atoms with Crippen LogP contribution in [0.15, 0.2) is 103 Å². The van der Waals surface area contributed by atoms with Gasteiger partial charge in [-0.15, -0.1) is 0 Å². The number of carbonyl (C=O) groups is 1. The lowest BCUT2D eigenvalue weighted by Gasteiger charge is -2.10. The summed E-state index contributed by atoms with van der Waals surface area (Å²) in [7, 11) is 1.54. The molecule has 0 fully saturated rings. The molecular formula is C30H30Cl2N2O2. The van der Waals surface area contributed by atoms with Crippen LogP contribution in [0.4, 0.5) is 5.69 Å². The number of halogens is 2. The predicted octanol–water partition coefficient (Wildman–Crippen LogP) is 9.11. The SMILES string of the molecule is C=C(C)Cl.CC.COc1ccc(NC(=O)c2ccc(Cl)c(-c3ccc(-c4ccccc4)cc3)c2)cn1. The summed E-state index contributed by atoms with van der Waals surface area (Å²) in [6.45, 7) is 9.06. The Morgan fingerprint density at radius 1 is 0.889 bits per heavy atom. The number of methoxy groups -OCH3 is 1. The second-order valence-corrected chi connectivity index (χ2v) is 8.41. The first-order chi connectivity index (χ1) is 17.4. The average Bonchev–Trinajstić information content (AvgIpc) is 2.91. The number of aromatic nitrogens is 1. The number of anilines is 1. The quantitative estimate of drug-likeness (QED) is 0.285. The molecule has 1 heterocycles. The van der Waals surface area contributed by atoms with E-state index in [0.717, 1.165) is 22.3 Å². The van der Waals surface area contributed by atoms with Crippen LogP contribution in [0.5, 0.6) is 5.88 Å². The largest absolute Gasteiger partial charge is 0.481 e. The van der Waals surface area contributed by atoms with Gasteiger partial charge in [-0.25, -0.2) is 4.98 Å². The smallest absolute Gasteiger partial charge is 0.255 e. The van der Waals surface area contributed by atoms with Crippen molar-refractivity contribution in [2.75, 3.05) is 12.4 Å². The Kier molecular flexibility index (Phi) is 11.7. The number of nitrogens with zero attached hydrogens (tertiary/aromatic N) is 1. The van der Waals surface area contributed by atoms with Crippen LogP contribution in [0, 0.1) is 0 Å². The van der Waals surface area contributed by atoms with Crippen LogP contribution in [0.1, 0.15) is 31.1 Å². The molecule has 36 heavy (non-hydrogen) atoms. The number of hydrogen-bond donors (Lipinski definition) is 1. The third kappa shape index (κ3) is 8.56. The predicted molar refractivity (Wildman–Crippen MR) is 153 cm³/mol. The molecule has 0 spiro atoms. The minimum atomic E-state index is -0.235. The first-order valence-corrected chi connectivity index (χ1v) is 12.2. The Bertz CT molecular complexity index is 1250. The van der Waals surface area contributed by atoms with Gasteiger partial charge in [0.2, 0.25) is 5.88 Å². The van der Waals surface area contributed by atoms with Crippen molar-refractivity contribution in [2.24, 2.45) is 0 Å². The zero-order valence-electron chi connectivity index (χ0n) is 20.9. The van der Waals surface area contributed by atoms with Crippen molar-refractivity contribution in [3.63, 3.8) is 0 Å². The van der Waals surface area contributed by atoms with E-state index in [1.165, 1.54) is 0 Å². The van der Waals surface area contributed by atoms with Crippen LogP contribution < -0.4 is 10.1 Å². The number of ether oxygens (including phenoxy) is 1. The second kappa shape index (κ2) is 14.7. The van der Waals surface area contributed by atoms with Gasteiger partial charge < -0.3 is 10.1 Å². The van der Waals surface area contributed by atoms with Gasteiger partial charge in [0, 0.05) is 27.2 Å². The number of rotatable bonds is 5. The maximum Gasteiger partial charge on any atom is 0.255 e. The molecule has 1 amide bonds. The first kappa shape index (κ1) is 28.6. The van der Waals surface area contributed by atoms with Crippen LogP contribution in [0.25, 0.3) is 22.3 Å². The lowest BCUT2D eigenvalue weighted by atomic mass is 9.99. The maximum atomic E-state index is 12.7. The highest BCUT2D eigenvalue weighted by Crippen LogP contribution is 2.31. The number of pyridine rings is 1. The minimum absolute atomic E-state index is 0.235. The number of nitrogens with one attached hydrogen (secondary N) is 1. The average molecular weight is 521 g/mol. The number of carbonyl (C=O) groups excluding carboxylic acids is 1. The summed E-state index contributed by atoms with van der Waals surface area (Å²) in [5, 5.41) is 4.07. The van der Waals surface area contributed by atoms with Gasteiger partial charge in [-0.2, -0.15) is 0 Å². The van der Waals surface area contributed by atoms with Crippen LogP contribution in [-0.2, 0) is 0 Å². The Morgan fingerprint density at radius 3 is 2.03 bits per heavy atom. The van der Waals surface area contributed by atoms with Crippen molar-refractivity contribution in [1.29, 1.82) is 0 Å². The fraction of sp³-hybridized carbons (Fsp3) is 0.133. The van der Waals surface area contributed by atoms with Gasteiger partial charge in [0.05, 0.1) is 19.0 Å². The first-order valence-electron chi connectivity index (χ1n) is 11.4. The Morgan fingerprint density at radius 2 is 1.47 bits per heavy atom. The number of benzene rings is 3. The van der Waals surface area contributed by atoms with Gasteiger partial charge in [0.1, 0.15) is 0 Å². The summed E-state index contributed by atoms with van der Waals surface area (Å²) in [6, 6.07) is 27.0. The molecule has 0 aliphatic heterocycles. The molecule has 4 rings (SSSR count). The van der Waals surface area contributed by atoms with Crippen molar-refractivity contribution < 1.29 is 9.53 Å². The molecule has 1 aromatic heterocycles. The van der Waals surface area contributed by atoms with Crippen molar-refractivity contribution in [3.8, 4) is 28.1 Å². The van der Waals surface area contributed by atoms with E-state index in [9.17, 15) is 4.79 Å². The van der Waals surface area contributed by atoms with Gasteiger partial charge in [0.25, 0.3) is 5.91 Å². The molecule has 4 nitrogen and oxygen atoms in total. The lowest BCUT2D eigenvalue weighted by Crippen LogP contribution is -2.12. The molecule has 0 saturated heterocycles. The van der Waals surface area contributed by atoms with Crippen LogP contribution in [0.2, 0.25) is 5.02 Å². The number of hydrogen-bond acceptors (Lipinski definition) is 3. The highest BCUT2D eigenvalue weighted by molar-refractivity contribution is 6.33. The van der Waals surface area contributed by atoms with Crippen molar-refractivity contribution >= 4 is 34.8 Å².